The molecule has 0 fully saturated rings. The Bertz CT molecular complexity index is 224. The van der Waals surface area contributed by atoms with Crippen LogP contribution in [0.5, 0.6) is 0 Å². The van der Waals surface area contributed by atoms with Crippen LogP contribution in [0.25, 0.3) is 0 Å². The number of rotatable bonds is 10. The van der Waals surface area contributed by atoms with Crippen LogP contribution in [0.15, 0.2) is 0 Å². The van der Waals surface area contributed by atoms with Crippen molar-refractivity contribution in [1.29, 1.82) is 0 Å². The number of carbonyl (C=O) groups is 1. The zero-order valence-corrected chi connectivity index (χ0v) is 12.0. The summed E-state index contributed by atoms with van der Waals surface area (Å²) in [6.07, 6.45) is 2.16. The van der Waals surface area contributed by atoms with Crippen molar-refractivity contribution in [2.75, 3.05) is 20.3 Å². The molecular weight excluding hydrogens is 232 g/mol. The van der Waals surface area contributed by atoms with Crippen molar-refractivity contribution in [2.24, 2.45) is 0 Å². The molecule has 1 amide bonds. The highest BCUT2D eigenvalue weighted by Gasteiger charge is 2.14. The van der Waals surface area contributed by atoms with Gasteiger partial charge in [0.25, 0.3) is 0 Å². The summed E-state index contributed by atoms with van der Waals surface area (Å²) in [6.45, 7) is 6.87. The van der Waals surface area contributed by atoms with Crippen LogP contribution in [-0.2, 0) is 9.53 Å². The van der Waals surface area contributed by atoms with Crippen LogP contribution in [-0.4, -0.2) is 49.5 Å². The van der Waals surface area contributed by atoms with Gasteiger partial charge in [0.15, 0.2) is 0 Å². The van der Waals surface area contributed by atoms with Crippen LogP contribution < -0.4 is 10.6 Å². The van der Waals surface area contributed by atoms with Crippen LogP contribution in [0.2, 0.25) is 0 Å². The van der Waals surface area contributed by atoms with E-state index in [1.165, 1.54) is 0 Å². The normalized spacial score (nSPS) is 16.1. The average molecular weight is 260 g/mol. The summed E-state index contributed by atoms with van der Waals surface area (Å²) in [5.74, 6) is 0.0113. The van der Waals surface area contributed by atoms with Crippen LogP contribution in [0.4, 0.5) is 0 Å². The highest BCUT2D eigenvalue weighted by atomic mass is 16.5. The molecule has 0 aromatic rings. The SMILES string of the molecule is CCCC(C)NC(=O)C(C)NCCC(O)COC. The first-order chi connectivity index (χ1) is 8.51. The second-order valence-electron chi connectivity index (χ2n) is 4.77. The molecule has 0 saturated carbocycles. The van der Waals surface area contributed by atoms with Crippen molar-refractivity contribution in [3.05, 3.63) is 0 Å². The molecule has 0 aliphatic carbocycles. The first-order valence-electron chi connectivity index (χ1n) is 6.72. The molecule has 3 N–H and O–H groups in total. The lowest BCUT2D eigenvalue weighted by atomic mass is 10.2. The van der Waals surface area contributed by atoms with E-state index in [9.17, 15) is 9.90 Å². The average Bonchev–Trinajstić information content (AvgIpc) is 2.29. The minimum Gasteiger partial charge on any atom is -0.391 e. The zero-order chi connectivity index (χ0) is 14.0. The van der Waals surface area contributed by atoms with Gasteiger partial charge in [-0.25, -0.2) is 0 Å². The Labute approximate surface area is 110 Å². The third kappa shape index (κ3) is 8.44. The highest BCUT2D eigenvalue weighted by molar-refractivity contribution is 5.81. The van der Waals surface area contributed by atoms with Crippen molar-refractivity contribution in [3.63, 3.8) is 0 Å². The molecule has 0 aliphatic heterocycles. The van der Waals surface area contributed by atoms with Gasteiger partial charge in [0.2, 0.25) is 5.91 Å². The largest absolute Gasteiger partial charge is 0.391 e. The molecule has 0 saturated heterocycles. The van der Waals surface area contributed by atoms with E-state index in [-0.39, 0.29) is 18.0 Å². The molecule has 3 unspecified atom stereocenters. The molecular formula is C13H28N2O3. The molecule has 0 heterocycles. The van der Waals surface area contributed by atoms with Gasteiger partial charge < -0.3 is 20.5 Å². The fraction of sp³-hybridized carbons (Fsp3) is 0.923. The molecule has 0 aliphatic rings. The van der Waals surface area contributed by atoms with Gasteiger partial charge in [0, 0.05) is 13.2 Å². The summed E-state index contributed by atoms with van der Waals surface area (Å²) < 4.78 is 4.83. The third-order valence-electron chi connectivity index (χ3n) is 2.79. The van der Waals surface area contributed by atoms with E-state index >= 15 is 0 Å². The Kier molecular flexibility index (Phi) is 9.92. The quantitative estimate of drug-likeness (QED) is 0.540. The van der Waals surface area contributed by atoms with Crippen molar-refractivity contribution in [1.82, 2.24) is 10.6 Å². The maximum absolute atomic E-state index is 11.8. The van der Waals surface area contributed by atoms with E-state index in [1.54, 1.807) is 7.11 Å². The number of ether oxygens (including phenoxy) is 1. The number of aliphatic hydroxyl groups excluding tert-OH is 1. The monoisotopic (exact) mass is 260 g/mol. The fourth-order valence-corrected chi connectivity index (χ4v) is 1.71. The van der Waals surface area contributed by atoms with E-state index in [1.807, 2.05) is 13.8 Å². The van der Waals surface area contributed by atoms with Gasteiger partial charge in [0.1, 0.15) is 0 Å². The molecule has 0 aromatic carbocycles. The lowest BCUT2D eigenvalue weighted by molar-refractivity contribution is -0.123. The molecule has 5 nitrogen and oxygen atoms in total. The fourth-order valence-electron chi connectivity index (χ4n) is 1.71. The number of hydrogen-bond donors (Lipinski definition) is 3. The number of hydrogen-bond acceptors (Lipinski definition) is 4. The summed E-state index contributed by atoms with van der Waals surface area (Å²) in [5, 5.41) is 15.5. The van der Waals surface area contributed by atoms with Gasteiger partial charge in [-0.05, 0) is 33.2 Å². The Hall–Kier alpha value is -0.650. The third-order valence-corrected chi connectivity index (χ3v) is 2.79. The maximum atomic E-state index is 11.8. The van der Waals surface area contributed by atoms with Gasteiger partial charge in [0.05, 0.1) is 18.8 Å². The molecule has 0 spiro atoms. The van der Waals surface area contributed by atoms with E-state index in [2.05, 4.69) is 17.6 Å². The van der Waals surface area contributed by atoms with Gasteiger partial charge >= 0.3 is 0 Å². The second-order valence-corrected chi connectivity index (χ2v) is 4.77. The van der Waals surface area contributed by atoms with Gasteiger partial charge in [-0.1, -0.05) is 13.3 Å². The molecule has 0 radical (unpaired) electrons. The van der Waals surface area contributed by atoms with E-state index in [0.29, 0.717) is 19.6 Å². The van der Waals surface area contributed by atoms with E-state index in [4.69, 9.17) is 4.74 Å². The summed E-state index contributed by atoms with van der Waals surface area (Å²) in [5.41, 5.74) is 0. The summed E-state index contributed by atoms with van der Waals surface area (Å²) >= 11 is 0. The molecule has 5 heteroatoms. The molecule has 0 rings (SSSR count). The van der Waals surface area contributed by atoms with E-state index in [0.717, 1.165) is 12.8 Å². The summed E-state index contributed by atoms with van der Waals surface area (Å²) in [7, 11) is 1.56. The van der Waals surface area contributed by atoms with Crippen molar-refractivity contribution in [3.8, 4) is 0 Å². The smallest absolute Gasteiger partial charge is 0.237 e. The Morgan fingerprint density at radius 2 is 2.00 bits per heavy atom. The van der Waals surface area contributed by atoms with Crippen LogP contribution in [0, 0.1) is 0 Å². The second kappa shape index (κ2) is 10.3. The Morgan fingerprint density at radius 1 is 1.33 bits per heavy atom. The molecule has 108 valence electrons. The predicted octanol–water partition coefficient (Wildman–Crippen LogP) is 0.667. The first-order valence-corrected chi connectivity index (χ1v) is 6.72. The van der Waals surface area contributed by atoms with Gasteiger partial charge in [-0.15, -0.1) is 0 Å². The topological polar surface area (TPSA) is 70.6 Å². The summed E-state index contributed by atoms with van der Waals surface area (Å²) in [4.78, 5) is 11.8. The number of methoxy groups -OCH3 is 1. The molecule has 0 bridgehead atoms. The number of aliphatic hydroxyl groups is 1. The lowest BCUT2D eigenvalue weighted by Crippen LogP contribution is -2.46. The minimum absolute atomic E-state index is 0.0113. The zero-order valence-electron chi connectivity index (χ0n) is 12.0. The van der Waals surface area contributed by atoms with Crippen molar-refractivity contribution < 1.29 is 14.6 Å². The van der Waals surface area contributed by atoms with Crippen LogP contribution >= 0.6 is 0 Å². The Morgan fingerprint density at radius 3 is 2.56 bits per heavy atom. The predicted molar refractivity (Wildman–Crippen MR) is 72.5 cm³/mol. The van der Waals surface area contributed by atoms with Crippen LogP contribution in [0.3, 0.4) is 0 Å². The summed E-state index contributed by atoms with van der Waals surface area (Å²) in [6, 6.07) is -0.0233. The number of carbonyl (C=O) groups excluding carboxylic acids is 1. The first kappa shape index (κ1) is 17.4. The molecule has 3 atom stereocenters. The maximum Gasteiger partial charge on any atom is 0.237 e. The number of nitrogens with one attached hydrogen (secondary N) is 2. The standard InChI is InChI=1S/C13H28N2O3/c1-5-6-10(2)15-13(17)11(3)14-8-7-12(16)9-18-4/h10-12,14,16H,5-9H2,1-4H3,(H,15,17). The molecule has 0 aromatic heterocycles. The van der Waals surface area contributed by atoms with Gasteiger partial charge in [-0.3, -0.25) is 4.79 Å². The van der Waals surface area contributed by atoms with Crippen molar-refractivity contribution >= 4 is 5.91 Å². The minimum atomic E-state index is -0.475. The Balaban J connectivity index is 3.74. The van der Waals surface area contributed by atoms with Gasteiger partial charge in [-0.2, -0.15) is 0 Å². The lowest BCUT2D eigenvalue weighted by Gasteiger charge is -2.18. The number of amides is 1. The van der Waals surface area contributed by atoms with E-state index < -0.39 is 6.10 Å². The molecule has 18 heavy (non-hydrogen) atoms. The highest BCUT2D eigenvalue weighted by Crippen LogP contribution is 1.96. The van der Waals surface area contributed by atoms with Crippen LogP contribution in [0.1, 0.15) is 40.0 Å². The van der Waals surface area contributed by atoms with Crippen molar-refractivity contribution in [2.45, 2.75) is 58.2 Å².